The SMILES string of the molecule is Cc1cc(-c2nc(NCCCc3ccc(OC(F)(F)F)cc3)c3cc(C)sc3n2)no1. The van der Waals surface area contributed by atoms with Crippen molar-refractivity contribution >= 4 is 27.4 Å². The van der Waals surface area contributed by atoms with Crippen molar-refractivity contribution in [2.75, 3.05) is 11.9 Å². The van der Waals surface area contributed by atoms with Crippen molar-refractivity contribution in [3.05, 3.63) is 52.6 Å². The van der Waals surface area contributed by atoms with Gasteiger partial charge in [0.2, 0.25) is 0 Å². The fourth-order valence-electron chi connectivity index (χ4n) is 3.12. The molecule has 31 heavy (non-hydrogen) atoms. The summed E-state index contributed by atoms with van der Waals surface area (Å²) in [6.45, 7) is 4.46. The van der Waals surface area contributed by atoms with Crippen molar-refractivity contribution in [2.45, 2.75) is 33.1 Å². The second kappa shape index (κ2) is 8.54. The van der Waals surface area contributed by atoms with Gasteiger partial charge in [0.1, 0.15) is 22.2 Å². The number of anilines is 1. The maximum Gasteiger partial charge on any atom is 0.573 e. The molecule has 0 bridgehead atoms. The Morgan fingerprint density at radius 3 is 2.55 bits per heavy atom. The van der Waals surface area contributed by atoms with E-state index >= 15 is 0 Å². The van der Waals surface area contributed by atoms with Gasteiger partial charge < -0.3 is 14.6 Å². The topological polar surface area (TPSA) is 73.1 Å². The highest BCUT2D eigenvalue weighted by atomic mass is 32.1. The molecule has 0 aliphatic heterocycles. The van der Waals surface area contributed by atoms with Crippen LogP contribution in [0.25, 0.3) is 21.7 Å². The molecule has 3 aromatic heterocycles. The van der Waals surface area contributed by atoms with Crippen LogP contribution in [-0.4, -0.2) is 28.0 Å². The highest BCUT2D eigenvalue weighted by molar-refractivity contribution is 7.18. The number of fused-ring (bicyclic) bond motifs is 1. The van der Waals surface area contributed by atoms with Crippen LogP contribution in [0.15, 0.2) is 40.9 Å². The van der Waals surface area contributed by atoms with E-state index in [4.69, 9.17) is 4.52 Å². The predicted octanol–water partition coefficient (Wildman–Crippen LogP) is 5.91. The Morgan fingerprint density at radius 1 is 1.10 bits per heavy atom. The first-order valence-electron chi connectivity index (χ1n) is 9.57. The van der Waals surface area contributed by atoms with E-state index in [2.05, 4.69) is 25.2 Å². The van der Waals surface area contributed by atoms with Crippen LogP contribution in [0.3, 0.4) is 0 Å². The van der Waals surface area contributed by atoms with Crippen LogP contribution >= 0.6 is 11.3 Å². The van der Waals surface area contributed by atoms with Gasteiger partial charge >= 0.3 is 6.36 Å². The van der Waals surface area contributed by atoms with Gasteiger partial charge in [-0.25, -0.2) is 9.97 Å². The molecule has 0 spiro atoms. The number of aromatic nitrogens is 3. The zero-order chi connectivity index (χ0) is 22.0. The largest absolute Gasteiger partial charge is 0.573 e. The average Bonchev–Trinajstić information content (AvgIpc) is 3.30. The Balaban J connectivity index is 1.42. The standard InChI is InChI=1S/C21H19F3N4O2S/c1-12-10-17(28-30-12)19-26-18(16-11-13(2)31-20(16)27-19)25-9-3-4-14-5-7-15(8-6-14)29-21(22,23)24/h5-8,10-11H,3-4,9H2,1-2H3,(H,25,26,27). The molecule has 0 radical (unpaired) electrons. The summed E-state index contributed by atoms with van der Waals surface area (Å²) in [5.41, 5.74) is 1.50. The summed E-state index contributed by atoms with van der Waals surface area (Å²) in [5, 5.41) is 8.30. The first-order valence-corrected chi connectivity index (χ1v) is 10.4. The molecule has 1 N–H and O–H groups in total. The van der Waals surface area contributed by atoms with E-state index in [-0.39, 0.29) is 5.75 Å². The monoisotopic (exact) mass is 448 g/mol. The fraction of sp³-hybridized carbons (Fsp3) is 0.286. The summed E-state index contributed by atoms with van der Waals surface area (Å²) in [7, 11) is 0. The van der Waals surface area contributed by atoms with E-state index in [1.807, 2.05) is 19.9 Å². The molecule has 4 aromatic rings. The lowest BCUT2D eigenvalue weighted by molar-refractivity contribution is -0.274. The van der Waals surface area contributed by atoms with Gasteiger partial charge in [-0.2, -0.15) is 0 Å². The zero-order valence-corrected chi connectivity index (χ0v) is 17.6. The number of halogens is 3. The first kappa shape index (κ1) is 21.1. The second-order valence-electron chi connectivity index (χ2n) is 7.02. The molecule has 0 aliphatic carbocycles. The van der Waals surface area contributed by atoms with E-state index in [1.54, 1.807) is 29.5 Å². The molecule has 6 nitrogen and oxygen atoms in total. The van der Waals surface area contributed by atoms with Gasteiger partial charge in [-0.1, -0.05) is 17.3 Å². The normalized spacial score (nSPS) is 11.8. The van der Waals surface area contributed by atoms with Gasteiger partial charge in [-0.05, 0) is 50.5 Å². The number of hydrogen-bond acceptors (Lipinski definition) is 7. The lowest BCUT2D eigenvalue weighted by atomic mass is 10.1. The van der Waals surface area contributed by atoms with Gasteiger partial charge in [-0.15, -0.1) is 24.5 Å². The van der Waals surface area contributed by atoms with Crippen LogP contribution in [0.1, 0.15) is 22.6 Å². The Labute approximate surface area is 180 Å². The molecule has 0 unspecified atom stereocenters. The Hall–Kier alpha value is -3.14. The maximum atomic E-state index is 12.3. The van der Waals surface area contributed by atoms with Crippen LogP contribution < -0.4 is 10.1 Å². The van der Waals surface area contributed by atoms with Gasteiger partial charge in [0.25, 0.3) is 0 Å². The Kier molecular flexibility index (Phi) is 5.81. The molecule has 3 heterocycles. The van der Waals surface area contributed by atoms with Crippen molar-refractivity contribution in [1.82, 2.24) is 15.1 Å². The molecule has 0 fully saturated rings. The highest BCUT2D eigenvalue weighted by Crippen LogP contribution is 2.31. The van der Waals surface area contributed by atoms with Crippen LogP contribution in [-0.2, 0) is 6.42 Å². The van der Waals surface area contributed by atoms with Crippen molar-refractivity contribution < 1.29 is 22.4 Å². The van der Waals surface area contributed by atoms with Crippen molar-refractivity contribution in [1.29, 1.82) is 0 Å². The van der Waals surface area contributed by atoms with Crippen molar-refractivity contribution in [2.24, 2.45) is 0 Å². The van der Waals surface area contributed by atoms with Gasteiger partial charge in [0, 0.05) is 17.5 Å². The number of hydrogen-bond donors (Lipinski definition) is 1. The number of benzene rings is 1. The fourth-order valence-corrected chi connectivity index (χ4v) is 4.00. The van der Waals surface area contributed by atoms with Crippen molar-refractivity contribution in [3.63, 3.8) is 0 Å². The molecule has 0 amide bonds. The average molecular weight is 448 g/mol. The molecule has 0 atom stereocenters. The molecule has 10 heteroatoms. The summed E-state index contributed by atoms with van der Waals surface area (Å²) in [4.78, 5) is 11.2. The number of thiophene rings is 1. The van der Waals surface area contributed by atoms with E-state index in [0.29, 0.717) is 30.2 Å². The number of aryl methyl sites for hydroxylation is 3. The lowest BCUT2D eigenvalue weighted by Crippen LogP contribution is -2.17. The number of nitrogens with one attached hydrogen (secondary N) is 1. The van der Waals surface area contributed by atoms with E-state index in [0.717, 1.165) is 32.9 Å². The minimum absolute atomic E-state index is 0.221. The first-order chi connectivity index (χ1) is 14.8. The number of rotatable bonds is 7. The van der Waals surface area contributed by atoms with Crippen LogP contribution in [0.5, 0.6) is 5.75 Å². The number of nitrogens with zero attached hydrogens (tertiary/aromatic N) is 3. The van der Waals surface area contributed by atoms with E-state index in [9.17, 15) is 13.2 Å². The minimum atomic E-state index is -4.68. The molecule has 0 saturated heterocycles. The third-order valence-electron chi connectivity index (χ3n) is 4.46. The smallest absolute Gasteiger partial charge is 0.406 e. The quantitative estimate of drug-likeness (QED) is 0.355. The molecule has 162 valence electrons. The van der Waals surface area contributed by atoms with E-state index < -0.39 is 6.36 Å². The lowest BCUT2D eigenvalue weighted by Gasteiger charge is -2.10. The number of ether oxygens (including phenoxy) is 1. The summed E-state index contributed by atoms with van der Waals surface area (Å²) in [6, 6.07) is 9.75. The summed E-state index contributed by atoms with van der Waals surface area (Å²) in [6.07, 6.45) is -3.21. The number of alkyl halides is 3. The Morgan fingerprint density at radius 2 is 1.87 bits per heavy atom. The highest BCUT2D eigenvalue weighted by Gasteiger charge is 2.30. The third kappa shape index (κ3) is 5.32. The van der Waals surface area contributed by atoms with E-state index in [1.165, 1.54) is 12.1 Å². The molecular formula is C21H19F3N4O2S. The van der Waals surface area contributed by atoms with Crippen LogP contribution in [0, 0.1) is 13.8 Å². The predicted molar refractivity (Wildman–Crippen MR) is 112 cm³/mol. The Bertz CT molecular complexity index is 1190. The maximum absolute atomic E-state index is 12.3. The molecule has 1 aromatic carbocycles. The zero-order valence-electron chi connectivity index (χ0n) is 16.8. The molecule has 0 aliphatic rings. The second-order valence-corrected chi connectivity index (χ2v) is 8.25. The molecule has 0 saturated carbocycles. The van der Waals surface area contributed by atoms with Crippen molar-refractivity contribution in [3.8, 4) is 17.3 Å². The molecular weight excluding hydrogens is 429 g/mol. The summed E-state index contributed by atoms with van der Waals surface area (Å²) in [5.74, 6) is 1.68. The summed E-state index contributed by atoms with van der Waals surface area (Å²) < 4.78 is 45.8. The molecule has 4 rings (SSSR count). The van der Waals surface area contributed by atoms with Crippen LogP contribution in [0.4, 0.5) is 19.0 Å². The van der Waals surface area contributed by atoms with Gasteiger partial charge in [0.05, 0.1) is 5.39 Å². The summed E-state index contributed by atoms with van der Waals surface area (Å²) >= 11 is 1.58. The minimum Gasteiger partial charge on any atom is -0.406 e. The van der Waals surface area contributed by atoms with Gasteiger partial charge in [0.15, 0.2) is 11.5 Å². The van der Waals surface area contributed by atoms with Crippen LogP contribution in [0.2, 0.25) is 0 Å². The van der Waals surface area contributed by atoms with Gasteiger partial charge in [-0.3, -0.25) is 0 Å². The third-order valence-corrected chi connectivity index (χ3v) is 5.41.